The molecule has 0 radical (unpaired) electrons. The molecule has 0 saturated heterocycles. The molecule has 0 heterocycles. The summed E-state index contributed by atoms with van der Waals surface area (Å²) in [7, 11) is 0. The van der Waals surface area contributed by atoms with E-state index >= 15 is 0 Å². The average molecular weight is 304 g/mol. The summed E-state index contributed by atoms with van der Waals surface area (Å²) in [5.74, 6) is 0.434. The van der Waals surface area contributed by atoms with Gasteiger partial charge in [0.05, 0.1) is 5.02 Å². The van der Waals surface area contributed by atoms with Crippen LogP contribution < -0.4 is 5.32 Å². The Labute approximate surface area is 124 Å². The predicted molar refractivity (Wildman–Crippen MR) is 79.4 cm³/mol. The first-order valence-corrected chi connectivity index (χ1v) is 7.72. The van der Waals surface area contributed by atoms with E-state index in [9.17, 15) is 4.39 Å². The molecule has 19 heavy (non-hydrogen) atoms. The van der Waals surface area contributed by atoms with E-state index in [4.69, 9.17) is 23.2 Å². The van der Waals surface area contributed by atoms with Gasteiger partial charge < -0.3 is 5.32 Å². The fourth-order valence-electron chi connectivity index (χ4n) is 2.84. The normalized spacial score (nSPS) is 17.9. The molecule has 1 saturated carbocycles. The molecule has 4 heteroatoms. The van der Waals surface area contributed by atoms with Crippen molar-refractivity contribution in [2.45, 2.75) is 45.1 Å². The Morgan fingerprint density at radius 3 is 2.68 bits per heavy atom. The van der Waals surface area contributed by atoms with E-state index < -0.39 is 5.82 Å². The lowest BCUT2D eigenvalue weighted by atomic mass is 10.0. The van der Waals surface area contributed by atoms with Gasteiger partial charge in [0.15, 0.2) is 0 Å². The molecule has 1 unspecified atom stereocenters. The highest BCUT2D eigenvalue weighted by molar-refractivity contribution is 6.36. The maximum Gasteiger partial charge on any atom is 0.142 e. The Morgan fingerprint density at radius 1 is 1.32 bits per heavy atom. The van der Waals surface area contributed by atoms with E-state index in [-0.39, 0.29) is 11.1 Å². The predicted octanol–water partition coefficient (Wildman–Crippen LogP) is 5.36. The zero-order valence-electron chi connectivity index (χ0n) is 11.2. The second-order valence-electron chi connectivity index (χ2n) is 5.37. The number of halogens is 3. The van der Waals surface area contributed by atoms with Crippen LogP contribution in [0.2, 0.25) is 10.0 Å². The van der Waals surface area contributed by atoms with Crippen LogP contribution in [0.15, 0.2) is 12.1 Å². The molecule has 1 N–H and O–H groups in total. The molecule has 0 amide bonds. The molecule has 1 aliphatic rings. The Kier molecular flexibility index (Phi) is 5.49. The van der Waals surface area contributed by atoms with Crippen LogP contribution in [0.4, 0.5) is 4.39 Å². The summed E-state index contributed by atoms with van der Waals surface area (Å²) in [6, 6.07) is 2.84. The third-order valence-electron chi connectivity index (χ3n) is 3.99. The number of rotatable bonds is 5. The summed E-state index contributed by atoms with van der Waals surface area (Å²) < 4.78 is 13.5. The molecule has 0 aromatic heterocycles. The molecule has 1 aliphatic carbocycles. The van der Waals surface area contributed by atoms with Crippen molar-refractivity contribution in [3.63, 3.8) is 0 Å². The molecule has 0 aliphatic heterocycles. The van der Waals surface area contributed by atoms with Gasteiger partial charge in [-0.1, -0.05) is 48.9 Å². The van der Waals surface area contributed by atoms with Crippen LogP contribution in [0.3, 0.4) is 0 Å². The summed E-state index contributed by atoms with van der Waals surface area (Å²) in [5, 5.41) is 4.05. The molecular weight excluding hydrogens is 284 g/mol. The van der Waals surface area contributed by atoms with Crippen molar-refractivity contribution in [1.29, 1.82) is 0 Å². The Bertz CT molecular complexity index is 430. The molecule has 2 rings (SSSR count). The van der Waals surface area contributed by atoms with Gasteiger partial charge in [-0.15, -0.1) is 0 Å². The number of nitrogens with one attached hydrogen (secondary N) is 1. The fourth-order valence-corrected chi connectivity index (χ4v) is 3.54. The summed E-state index contributed by atoms with van der Waals surface area (Å²) in [6.07, 6.45) is 6.59. The van der Waals surface area contributed by atoms with Crippen LogP contribution in [-0.2, 0) is 0 Å². The largest absolute Gasteiger partial charge is 0.310 e. The van der Waals surface area contributed by atoms with E-state index in [0.717, 1.165) is 12.5 Å². The van der Waals surface area contributed by atoms with Gasteiger partial charge >= 0.3 is 0 Å². The van der Waals surface area contributed by atoms with Gasteiger partial charge in [-0.2, -0.15) is 0 Å². The van der Waals surface area contributed by atoms with E-state index in [0.29, 0.717) is 10.6 Å². The van der Waals surface area contributed by atoms with Crippen LogP contribution in [0, 0.1) is 11.7 Å². The summed E-state index contributed by atoms with van der Waals surface area (Å²) >= 11 is 12.1. The molecule has 106 valence electrons. The number of benzene rings is 1. The lowest BCUT2D eigenvalue weighted by molar-refractivity contribution is 0.454. The SMILES string of the molecule is CC(NCCC1CCCC1)c1c(Cl)ccc(F)c1Cl. The van der Waals surface area contributed by atoms with Gasteiger partial charge in [0.25, 0.3) is 0 Å². The van der Waals surface area contributed by atoms with E-state index in [1.807, 2.05) is 6.92 Å². The highest BCUT2D eigenvalue weighted by atomic mass is 35.5. The Morgan fingerprint density at radius 2 is 2.00 bits per heavy atom. The molecule has 1 aromatic carbocycles. The smallest absolute Gasteiger partial charge is 0.142 e. The lowest BCUT2D eigenvalue weighted by Gasteiger charge is -2.18. The monoisotopic (exact) mass is 303 g/mol. The minimum absolute atomic E-state index is 0.0305. The van der Waals surface area contributed by atoms with Gasteiger partial charge in [-0.3, -0.25) is 0 Å². The van der Waals surface area contributed by atoms with Crippen LogP contribution >= 0.6 is 23.2 Å². The molecule has 0 spiro atoms. The van der Waals surface area contributed by atoms with Crippen molar-refractivity contribution < 1.29 is 4.39 Å². The van der Waals surface area contributed by atoms with Crippen molar-refractivity contribution in [2.75, 3.05) is 6.54 Å². The standard InChI is InChI=1S/C15H20Cl2FN/c1-10(19-9-8-11-4-2-3-5-11)14-12(16)6-7-13(18)15(14)17/h6-7,10-11,19H,2-5,8-9H2,1H3. The molecule has 1 nitrogen and oxygen atoms in total. The lowest BCUT2D eigenvalue weighted by Crippen LogP contribution is -2.22. The first-order chi connectivity index (χ1) is 9.09. The van der Waals surface area contributed by atoms with Gasteiger partial charge in [-0.05, 0) is 37.9 Å². The van der Waals surface area contributed by atoms with Crippen molar-refractivity contribution in [1.82, 2.24) is 5.32 Å². The topological polar surface area (TPSA) is 12.0 Å². The van der Waals surface area contributed by atoms with Crippen LogP contribution in [0.1, 0.15) is 50.6 Å². The molecule has 1 aromatic rings. The summed E-state index contributed by atoms with van der Waals surface area (Å²) in [4.78, 5) is 0. The van der Waals surface area contributed by atoms with Gasteiger partial charge in [0.1, 0.15) is 5.82 Å². The molecule has 0 bridgehead atoms. The second kappa shape index (κ2) is 6.92. The van der Waals surface area contributed by atoms with Crippen molar-refractivity contribution in [3.05, 3.63) is 33.6 Å². The number of hydrogen-bond acceptors (Lipinski definition) is 1. The first kappa shape index (κ1) is 15.1. The van der Waals surface area contributed by atoms with Crippen LogP contribution in [0.5, 0.6) is 0 Å². The highest BCUT2D eigenvalue weighted by Crippen LogP contribution is 2.32. The third kappa shape index (κ3) is 3.84. The maximum atomic E-state index is 13.5. The minimum atomic E-state index is -0.412. The second-order valence-corrected chi connectivity index (χ2v) is 6.16. The fraction of sp³-hybridized carbons (Fsp3) is 0.600. The van der Waals surface area contributed by atoms with Gasteiger partial charge in [0.2, 0.25) is 0 Å². The number of hydrogen-bond donors (Lipinski definition) is 1. The van der Waals surface area contributed by atoms with Crippen molar-refractivity contribution in [2.24, 2.45) is 5.92 Å². The highest BCUT2D eigenvalue weighted by Gasteiger charge is 2.18. The van der Waals surface area contributed by atoms with Crippen molar-refractivity contribution >= 4 is 23.2 Å². The van der Waals surface area contributed by atoms with Crippen LogP contribution in [0.25, 0.3) is 0 Å². The Hall–Kier alpha value is -0.310. The molecule has 1 atom stereocenters. The van der Waals surface area contributed by atoms with Crippen molar-refractivity contribution in [3.8, 4) is 0 Å². The zero-order valence-corrected chi connectivity index (χ0v) is 12.7. The quantitative estimate of drug-likeness (QED) is 0.722. The summed E-state index contributed by atoms with van der Waals surface area (Å²) in [6.45, 7) is 2.90. The van der Waals surface area contributed by atoms with E-state index in [1.165, 1.54) is 38.2 Å². The first-order valence-electron chi connectivity index (χ1n) is 6.96. The summed E-state index contributed by atoms with van der Waals surface area (Å²) in [5.41, 5.74) is 0.662. The van der Waals surface area contributed by atoms with E-state index in [2.05, 4.69) is 5.32 Å². The molecular formula is C15H20Cl2FN. The van der Waals surface area contributed by atoms with E-state index in [1.54, 1.807) is 6.07 Å². The van der Waals surface area contributed by atoms with Gasteiger partial charge in [-0.25, -0.2) is 4.39 Å². The minimum Gasteiger partial charge on any atom is -0.310 e. The molecule has 1 fully saturated rings. The zero-order chi connectivity index (χ0) is 13.8. The van der Waals surface area contributed by atoms with Gasteiger partial charge in [0, 0.05) is 16.6 Å². The van der Waals surface area contributed by atoms with Crippen LogP contribution in [-0.4, -0.2) is 6.54 Å². The average Bonchev–Trinajstić information content (AvgIpc) is 2.87. The third-order valence-corrected chi connectivity index (χ3v) is 4.70. The maximum absolute atomic E-state index is 13.5. The Balaban J connectivity index is 1.92.